The first-order valence-corrected chi connectivity index (χ1v) is 9.35. The summed E-state index contributed by atoms with van der Waals surface area (Å²) in [7, 11) is 0. The highest BCUT2D eigenvalue weighted by Gasteiger charge is 2.40. The van der Waals surface area contributed by atoms with Crippen LogP contribution in [-0.4, -0.2) is 6.54 Å². The van der Waals surface area contributed by atoms with Crippen LogP contribution in [0.2, 0.25) is 0 Å². The number of anilines is 1. The second kappa shape index (κ2) is 7.14. The highest BCUT2D eigenvalue weighted by molar-refractivity contribution is 5.56. The first kappa shape index (κ1) is 16.0. The Labute approximate surface area is 150 Å². The van der Waals surface area contributed by atoms with Crippen molar-refractivity contribution in [3.05, 3.63) is 102 Å². The lowest BCUT2D eigenvalue weighted by Crippen LogP contribution is -2.47. The minimum atomic E-state index is -0.0969. The Balaban J connectivity index is 1.96. The van der Waals surface area contributed by atoms with E-state index in [2.05, 4.69) is 95.9 Å². The quantitative estimate of drug-likeness (QED) is 0.569. The van der Waals surface area contributed by atoms with Crippen LogP contribution in [0.15, 0.2) is 91.0 Å². The van der Waals surface area contributed by atoms with E-state index >= 15 is 0 Å². The van der Waals surface area contributed by atoms with E-state index in [-0.39, 0.29) is 5.54 Å². The number of nitrogens with zero attached hydrogens (tertiary/aromatic N) is 1. The summed E-state index contributed by atoms with van der Waals surface area (Å²) in [4.78, 5) is 2.64. The maximum atomic E-state index is 2.64. The lowest BCUT2D eigenvalue weighted by Gasteiger charge is -2.46. The molecule has 0 atom stereocenters. The normalized spacial score (nSPS) is 17.0. The molecule has 3 aromatic rings. The summed E-state index contributed by atoms with van der Waals surface area (Å²) in [6, 6.07) is 33.1. The van der Waals surface area contributed by atoms with E-state index in [9.17, 15) is 0 Å². The van der Waals surface area contributed by atoms with Crippen LogP contribution in [0.25, 0.3) is 0 Å². The van der Waals surface area contributed by atoms with Crippen molar-refractivity contribution < 1.29 is 0 Å². The maximum Gasteiger partial charge on any atom is 0.0906 e. The van der Waals surface area contributed by atoms with Gasteiger partial charge < -0.3 is 4.90 Å². The van der Waals surface area contributed by atoms with Crippen molar-refractivity contribution in [3.63, 3.8) is 0 Å². The fraction of sp³-hybridized carbons (Fsp3) is 0.250. The Morgan fingerprint density at radius 2 is 1.08 bits per heavy atom. The van der Waals surface area contributed by atoms with Crippen molar-refractivity contribution >= 4 is 5.69 Å². The van der Waals surface area contributed by atoms with E-state index in [4.69, 9.17) is 0 Å². The van der Waals surface area contributed by atoms with E-state index < -0.39 is 0 Å². The molecule has 0 aromatic heterocycles. The van der Waals surface area contributed by atoms with Crippen LogP contribution in [0.4, 0.5) is 5.69 Å². The average Bonchev–Trinajstić information content (AvgIpc) is 2.94. The largest absolute Gasteiger partial charge is 0.358 e. The third kappa shape index (κ3) is 2.95. The van der Waals surface area contributed by atoms with Gasteiger partial charge in [-0.05, 0) is 36.1 Å². The number of para-hydroxylation sites is 1. The van der Waals surface area contributed by atoms with Crippen LogP contribution in [0.3, 0.4) is 0 Å². The van der Waals surface area contributed by atoms with E-state index in [0.717, 1.165) is 13.0 Å². The van der Waals surface area contributed by atoms with E-state index in [1.54, 1.807) is 0 Å². The van der Waals surface area contributed by atoms with Gasteiger partial charge in [-0.25, -0.2) is 0 Å². The molecule has 126 valence electrons. The lowest BCUT2D eigenvalue weighted by molar-refractivity contribution is 0.456. The zero-order valence-corrected chi connectivity index (χ0v) is 14.6. The molecule has 3 aromatic carbocycles. The second-order valence-electron chi connectivity index (χ2n) is 6.89. The monoisotopic (exact) mass is 327 g/mol. The molecule has 0 spiro atoms. The molecular weight excluding hydrogens is 302 g/mol. The van der Waals surface area contributed by atoms with Gasteiger partial charge in [0.1, 0.15) is 0 Å². The predicted octanol–water partition coefficient (Wildman–Crippen LogP) is 6.01. The van der Waals surface area contributed by atoms with E-state index in [1.165, 1.54) is 36.1 Å². The molecule has 1 fully saturated rings. The molecule has 0 radical (unpaired) electrons. The van der Waals surface area contributed by atoms with Crippen molar-refractivity contribution in [1.29, 1.82) is 0 Å². The summed E-state index contributed by atoms with van der Waals surface area (Å²) in [5, 5.41) is 0. The Bertz CT molecular complexity index is 741. The van der Waals surface area contributed by atoms with Gasteiger partial charge in [0.05, 0.1) is 5.54 Å². The molecule has 1 heteroatoms. The molecule has 0 saturated carbocycles. The molecule has 0 N–H and O–H groups in total. The SMILES string of the molecule is c1ccc(N2CCCCCC2(c2ccccc2)c2ccccc2)cc1. The molecule has 1 nitrogen and oxygen atoms in total. The topological polar surface area (TPSA) is 3.24 Å². The van der Waals surface area contributed by atoms with Crippen LogP contribution < -0.4 is 4.90 Å². The maximum absolute atomic E-state index is 2.64. The van der Waals surface area contributed by atoms with Gasteiger partial charge in [-0.3, -0.25) is 0 Å². The summed E-state index contributed by atoms with van der Waals surface area (Å²) < 4.78 is 0. The number of benzene rings is 3. The Kier molecular flexibility index (Phi) is 4.56. The minimum Gasteiger partial charge on any atom is -0.358 e. The Morgan fingerprint density at radius 3 is 1.64 bits per heavy atom. The van der Waals surface area contributed by atoms with Crippen LogP contribution >= 0.6 is 0 Å². The van der Waals surface area contributed by atoms with Gasteiger partial charge in [0.15, 0.2) is 0 Å². The van der Waals surface area contributed by atoms with Gasteiger partial charge >= 0.3 is 0 Å². The average molecular weight is 327 g/mol. The number of rotatable bonds is 3. The molecule has 0 bridgehead atoms. The zero-order chi connectivity index (χ0) is 17.0. The Hall–Kier alpha value is -2.54. The molecule has 0 unspecified atom stereocenters. The fourth-order valence-corrected chi connectivity index (χ4v) is 4.31. The van der Waals surface area contributed by atoms with Crippen LogP contribution in [0.5, 0.6) is 0 Å². The predicted molar refractivity (Wildman–Crippen MR) is 106 cm³/mol. The smallest absolute Gasteiger partial charge is 0.0906 e. The van der Waals surface area contributed by atoms with E-state index in [1.807, 2.05) is 0 Å². The van der Waals surface area contributed by atoms with Crippen molar-refractivity contribution in [1.82, 2.24) is 0 Å². The van der Waals surface area contributed by atoms with Gasteiger partial charge in [-0.15, -0.1) is 0 Å². The third-order valence-corrected chi connectivity index (χ3v) is 5.45. The summed E-state index contributed by atoms with van der Waals surface area (Å²) in [6.45, 7) is 1.09. The van der Waals surface area contributed by atoms with E-state index in [0.29, 0.717) is 0 Å². The summed E-state index contributed by atoms with van der Waals surface area (Å²) in [5.41, 5.74) is 4.01. The molecule has 1 heterocycles. The van der Waals surface area contributed by atoms with Crippen molar-refractivity contribution in [2.75, 3.05) is 11.4 Å². The first-order valence-electron chi connectivity index (χ1n) is 9.35. The van der Waals surface area contributed by atoms with Crippen LogP contribution in [-0.2, 0) is 5.54 Å². The second-order valence-corrected chi connectivity index (χ2v) is 6.89. The van der Waals surface area contributed by atoms with Gasteiger partial charge in [-0.1, -0.05) is 91.7 Å². The number of hydrogen-bond donors (Lipinski definition) is 0. The zero-order valence-electron chi connectivity index (χ0n) is 14.6. The van der Waals surface area contributed by atoms with Crippen LogP contribution in [0.1, 0.15) is 36.8 Å². The standard InChI is InChI=1S/C24H25N/c1-5-13-21(14-6-1)24(22-15-7-2-8-16-22)19-11-4-12-20-25(24)23-17-9-3-10-18-23/h1-3,5-10,13-18H,4,11-12,19-20H2. The molecule has 25 heavy (non-hydrogen) atoms. The van der Waals surface area contributed by atoms with Gasteiger partial charge in [0.2, 0.25) is 0 Å². The molecule has 4 rings (SSSR count). The van der Waals surface area contributed by atoms with Crippen molar-refractivity contribution in [2.45, 2.75) is 31.2 Å². The molecule has 1 saturated heterocycles. The highest BCUT2D eigenvalue weighted by atomic mass is 15.2. The Morgan fingerprint density at radius 1 is 0.560 bits per heavy atom. The molecule has 0 amide bonds. The van der Waals surface area contributed by atoms with Crippen molar-refractivity contribution in [3.8, 4) is 0 Å². The molecule has 0 aliphatic carbocycles. The van der Waals surface area contributed by atoms with Gasteiger partial charge in [0, 0.05) is 12.2 Å². The van der Waals surface area contributed by atoms with Gasteiger partial charge in [0.25, 0.3) is 0 Å². The summed E-state index contributed by atoms with van der Waals surface area (Å²) in [5.74, 6) is 0. The van der Waals surface area contributed by atoms with Gasteiger partial charge in [-0.2, -0.15) is 0 Å². The lowest BCUT2D eigenvalue weighted by atomic mass is 9.77. The summed E-state index contributed by atoms with van der Waals surface area (Å²) in [6.07, 6.45) is 4.95. The molecule has 1 aliphatic rings. The third-order valence-electron chi connectivity index (χ3n) is 5.45. The molecular formula is C24H25N. The number of hydrogen-bond acceptors (Lipinski definition) is 1. The fourth-order valence-electron chi connectivity index (χ4n) is 4.31. The minimum absolute atomic E-state index is 0.0969. The summed E-state index contributed by atoms with van der Waals surface area (Å²) >= 11 is 0. The molecule has 1 aliphatic heterocycles. The van der Waals surface area contributed by atoms with Crippen molar-refractivity contribution in [2.24, 2.45) is 0 Å². The first-order chi connectivity index (χ1) is 12.4. The van der Waals surface area contributed by atoms with Crippen LogP contribution in [0, 0.1) is 0 Å². The highest BCUT2D eigenvalue weighted by Crippen LogP contribution is 2.44.